The van der Waals surface area contributed by atoms with E-state index in [1.807, 2.05) is 32.1 Å². The summed E-state index contributed by atoms with van der Waals surface area (Å²) in [5.74, 6) is -0.104. The molecule has 226 valence electrons. The van der Waals surface area contributed by atoms with Crippen LogP contribution in [0.15, 0.2) is 51.4 Å². The minimum absolute atomic E-state index is 0.199. The summed E-state index contributed by atoms with van der Waals surface area (Å²) in [5.41, 5.74) is 7.65. The number of nitriles is 1. The highest BCUT2D eigenvalue weighted by atomic mass is 32.1. The summed E-state index contributed by atoms with van der Waals surface area (Å²) < 4.78 is 9.78. The van der Waals surface area contributed by atoms with Gasteiger partial charge in [0.1, 0.15) is 11.1 Å². The zero-order valence-electron chi connectivity index (χ0n) is 26.0. The van der Waals surface area contributed by atoms with Gasteiger partial charge >= 0.3 is 5.97 Å². The molecule has 1 atom stereocenters. The van der Waals surface area contributed by atoms with Crippen LogP contribution >= 0.6 is 22.7 Å². The number of thiophene rings is 1. The Morgan fingerprint density at radius 3 is 2.57 bits per heavy atom. The van der Waals surface area contributed by atoms with Gasteiger partial charge in [0.05, 0.1) is 34.0 Å². The van der Waals surface area contributed by atoms with E-state index >= 15 is 0 Å². The third-order valence-corrected chi connectivity index (χ3v) is 10.9. The lowest BCUT2D eigenvalue weighted by molar-refractivity contribution is -0.139. The molecular weight excluding hydrogens is 589 g/mol. The summed E-state index contributed by atoms with van der Waals surface area (Å²) in [4.78, 5) is 34.0. The molecule has 2 aliphatic rings. The van der Waals surface area contributed by atoms with Crippen molar-refractivity contribution >= 4 is 34.7 Å². The first-order valence-electron chi connectivity index (χ1n) is 15.2. The SMILES string of the molecule is CCOC(=O)C1=C(C)N=c2sc(=Cc3cc(C)n(-c4sc5c(c4C#N)CCCC5)c3C)c(=O)n2[C@@H]1c1ccc(C(C)C)cc1. The zero-order valence-corrected chi connectivity index (χ0v) is 27.6. The van der Waals surface area contributed by atoms with Crippen molar-refractivity contribution in [2.75, 3.05) is 6.61 Å². The lowest BCUT2D eigenvalue weighted by Crippen LogP contribution is -2.39. The molecule has 1 aliphatic heterocycles. The smallest absolute Gasteiger partial charge is 0.338 e. The molecule has 0 saturated carbocycles. The maximum Gasteiger partial charge on any atom is 0.338 e. The molecule has 4 aromatic rings. The number of thiazole rings is 1. The molecule has 0 saturated heterocycles. The average Bonchev–Trinajstić information content (AvgIpc) is 3.61. The molecule has 3 aromatic heterocycles. The van der Waals surface area contributed by atoms with E-state index in [1.54, 1.807) is 29.8 Å². The van der Waals surface area contributed by atoms with Crippen LogP contribution in [0, 0.1) is 25.2 Å². The summed E-state index contributed by atoms with van der Waals surface area (Å²) in [5, 5.41) is 11.1. The van der Waals surface area contributed by atoms with Crippen molar-refractivity contribution in [1.82, 2.24) is 9.13 Å². The molecule has 4 heterocycles. The van der Waals surface area contributed by atoms with E-state index in [4.69, 9.17) is 9.73 Å². The molecule has 0 unspecified atom stereocenters. The van der Waals surface area contributed by atoms with E-state index < -0.39 is 12.0 Å². The van der Waals surface area contributed by atoms with Gasteiger partial charge < -0.3 is 9.30 Å². The van der Waals surface area contributed by atoms with Crippen LogP contribution in [0.25, 0.3) is 11.1 Å². The topological polar surface area (TPSA) is 89.4 Å². The van der Waals surface area contributed by atoms with E-state index in [0.29, 0.717) is 26.5 Å². The monoisotopic (exact) mass is 624 g/mol. The summed E-state index contributed by atoms with van der Waals surface area (Å²) >= 11 is 3.05. The number of nitrogens with zero attached hydrogens (tertiary/aromatic N) is 4. The molecule has 1 aromatic carbocycles. The third kappa shape index (κ3) is 5.00. The summed E-state index contributed by atoms with van der Waals surface area (Å²) in [6.07, 6.45) is 6.18. The summed E-state index contributed by atoms with van der Waals surface area (Å²) in [6, 6.07) is 12.0. The molecule has 0 bridgehead atoms. The van der Waals surface area contributed by atoms with E-state index in [1.165, 1.54) is 27.3 Å². The van der Waals surface area contributed by atoms with Gasteiger partial charge in [-0.1, -0.05) is 49.4 Å². The first-order chi connectivity index (χ1) is 21.1. The Bertz CT molecular complexity index is 2050. The number of aromatic nitrogens is 2. The Morgan fingerprint density at radius 1 is 1.16 bits per heavy atom. The van der Waals surface area contributed by atoms with E-state index in [-0.39, 0.29) is 12.2 Å². The van der Waals surface area contributed by atoms with Crippen molar-refractivity contribution in [2.45, 2.75) is 79.2 Å². The molecule has 6 rings (SSSR count). The zero-order chi connectivity index (χ0) is 31.3. The molecular formula is C35H36N4O3S2. The van der Waals surface area contributed by atoms with E-state index in [0.717, 1.165) is 58.8 Å². The first kappa shape index (κ1) is 30.0. The lowest BCUT2D eigenvalue weighted by atomic mass is 9.93. The van der Waals surface area contributed by atoms with Gasteiger partial charge in [-0.15, -0.1) is 11.3 Å². The van der Waals surface area contributed by atoms with Crippen molar-refractivity contribution in [1.29, 1.82) is 5.26 Å². The van der Waals surface area contributed by atoms with Gasteiger partial charge in [-0.05, 0) is 93.7 Å². The van der Waals surface area contributed by atoms with Gasteiger partial charge in [-0.2, -0.15) is 5.26 Å². The predicted octanol–water partition coefficient (Wildman–Crippen LogP) is 6.14. The quantitative estimate of drug-likeness (QED) is 0.241. The molecule has 0 radical (unpaired) electrons. The molecule has 1 aliphatic carbocycles. The number of hydrogen-bond acceptors (Lipinski definition) is 7. The highest BCUT2D eigenvalue weighted by molar-refractivity contribution is 7.15. The summed E-state index contributed by atoms with van der Waals surface area (Å²) in [6.45, 7) is 12.2. The molecule has 7 nitrogen and oxygen atoms in total. The maximum absolute atomic E-state index is 14.2. The minimum Gasteiger partial charge on any atom is -0.463 e. The van der Waals surface area contributed by atoms with Gasteiger partial charge in [0, 0.05) is 16.3 Å². The van der Waals surface area contributed by atoms with Crippen LogP contribution in [0.2, 0.25) is 0 Å². The molecule has 0 amide bonds. The highest BCUT2D eigenvalue weighted by Crippen LogP contribution is 2.38. The number of ether oxygens (including phenoxy) is 1. The van der Waals surface area contributed by atoms with Crippen molar-refractivity contribution in [3.05, 3.63) is 105 Å². The Morgan fingerprint density at radius 2 is 1.89 bits per heavy atom. The number of rotatable bonds is 6. The van der Waals surface area contributed by atoms with Crippen LogP contribution in [0.3, 0.4) is 0 Å². The van der Waals surface area contributed by atoms with Gasteiger partial charge in [0.15, 0.2) is 4.80 Å². The van der Waals surface area contributed by atoms with Crippen molar-refractivity contribution in [3.63, 3.8) is 0 Å². The molecule has 0 spiro atoms. The van der Waals surface area contributed by atoms with Crippen LogP contribution < -0.4 is 14.9 Å². The molecule has 0 N–H and O–H groups in total. The van der Waals surface area contributed by atoms with Crippen LogP contribution in [0.1, 0.15) is 96.6 Å². The predicted molar refractivity (Wildman–Crippen MR) is 175 cm³/mol. The first-order valence-corrected chi connectivity index (χ1v) is 16.8. The molecule has 44 heavy (non-hydrogen) atoms. The van der Waals surface area contributed by atoms with E-state index in [2.05, 4.69) is 42.7 Å². The fourth-order valence-electron chi connectivity index (χ4n) is 6.38. The highest BCUT2D eigenvalue weighted by Gasteiger charge is 2.33. The fraction of sp³-hybridized carbons (Fsp3) is 0.371. The van der Waals surface area contributed by atoms with Gasteiger partial charge in [-0.3, -0.25) is 9.36 Å². The van der Waals surface area contributed by atoms with Crippen molar-refractivity contribution in [3.8, 4) is 11.1 Å². The number of hydrogen-bond donors (Lipinski definition) is 0. The average molecular weight is 625 g/mol. The standard InChI is InChI=1S/C35H36N4O3S2/c1-7-42-34(41)30-21(5)37-35-39(31(30)24-14-12-23(13-15-24)19(2)3)32(40)29(44-35)17-25-16-20(4)38(22(25)6)33-27(18-36)26-10-8-9-11-28(26)43-33/h12-17,19,31H,7-11H2,1-6H3/t31-/m1/s1. The van der Waals surface area contributed by atoms with Gasteiger partial charge in [0.25, 0.3) is 5.56 Å². The maximum atomic E-state index is 14.2. The van der Waals surface area contributed by atoms with Crippen molar-refractivity contribution < 1.29 is 9.53 Å². The van der Waals surface area contributed by atoms with Gasteiger partial charge in [-0.25, -0.2) is 9.79 Å². The number of aryl methyl sites for hydroxylation is 2. The second-order valence-corrected chi connectivity index (χ2v) is 13.9. The van der Waals surface area contributed by atoms with Crippen LogP contribution in [0.4, 0.5) is 0 Å². The third-order valence-electron chi connectivity index (χ3n) is 8.66. The Balaban J connectivity index is 1.50. The fourth-order valence-corrected chi connectivity index (χ4v) is 8.87. The number of fused-ring (bicyclic) bond motifs is 2. The second kappa shape index (κ2) is 11.8. The van der Waals surface area contributed by atoms with Crippen LogP contribution in [0.5, 0.6) is 0 Å². The second-order valence-electron chi connectivity index (χ2n) is 11.8. The summed E-state index contributed by atoms with van der Waals surface area (Å²) in [7, 11) is 0. The normalized spacial score (nSPS) is 16.5. The molecule has 9 heteroatoms. The van der Waals surface area contributed by atoms with E-state index in [9.17, 15) is 14.9 Å². The number of carbonyl (C=O) groups is 1. The minimum atomic E-state index is -0.642. The lowest BCUT2D eigenvalue weighted by Gasteiger charge is -2.25. The van der Waals surface area contributed by atoms with Gasteiger partial charge in [0.2, 0.25) is 0 Å². The Labute approximate surface area is 265 Å². The van der Waals surface area contributed by atoms with Crippen LogP contribution in [-0.2, 0) is 22.4 Å². The van der Waals surface area contributed by atoms with Crippen LogP contribution in [-0.4, -0.2) is 21.7 Å². The Kier molecular flexibility index (Phi) is 8.08. The van der Waals surface area contributed by atoms with Crippen molar-refractivity contribution in [2.24, 2.45) is 4.99 Å². The number of benzene rings is 1. The number of allylic oxidation sites excluding steroid dienone is 1. The Hall–Kier alpha value is -4.00. The largest absolute Gasteiger partial charge is 0.463 e. The number of esters is 1. The molecule has 0 fully saturated rings. The number of carbonyl (C=O) groups excluding carboxylic acids is 1.